The van der Waals surface area contributed by atoms with Crippen LogP contribution in [-0.4, -0.2) is 0 Å². The first-order chi connectivity index (χ1) is 17.9. The average molecular weight is 503 g/mol. The minimum atomic E-state index is 0.877. The van der Waals surface area contributed by atoms with Gasteiger partial charge in [-0.05, 0) is 123 Å². The molecule has 0 amide bonds. The first-order valence-corrected chi connectivity index (χ1v) is 15.3. The second kappa shape index (κ2) is 17.3. The van der Waals surface area contributed by atoms with E-state index in [0.29, 0.717) is 0 Å². The molecule has 204 valence electrons. The fourth-order valence-electron chi connectivity index (χ4n) is 5.04. The second-order valence-electron chi connectivity index (χ2n) is 10.9. The van der Waals surface area contributed by atoms with E-state index in [1.54, 1.807) is 0 Å². The summed E-state index contributed by atoms with van der Waals surface area (Å²) in [6, 6.07) is 9.23. The number of aryl methyl sites for hydroxylation is 4. The van der Waals surface area contributed by atoms with Crippen molar-refractivity contribution >= 4 is 11.8 Å². The maximum atomic E-state index is 4.73. The number of unbranched alkanes of at least 4 members (excludes halogenated alkanes) is 7. The molecule has 0 saturated heterocycles. The Hall–Kier alpha value is -2.22. The number of nitrogens with zero attached hydrogens (tertiary/aromatic N) is 2. The smallest absolute Gasteiger partial charge is 0.0862 e. The highest BCUT2D eigenvalue weighted by Gasteiger charge is 2.08. The Kier molecular flexibility index (Phi) is 14.5. The molecule has 0 aliphatic carbocycles. The maximum Gasteiger partial charge on any atom is 0.0862 e. The largest absolute Gasteiger partial charge is 0.155 e. The summed E-state index contributed by atoms with van der Waals surface area (Å²) in [7, 11) is 0. The molecule has 0 spiro atoms. The molecular weight excluding hydrogens is 448 g/mol. The molecule has 2 heteroatoms. The van der Waals surface area contributed by atoms with Crippen LogP contribution in [0.25, 0.3) is 6.08 Å². The van der Waals surface area contributed by atoms with Gasteiger partial charge in [-0.25, -0.2) is 0 Å². The molecule has 0 bridgehead atoms. The molecule has 0 unspecified atom stereocenters. The second-order valence-corrected chi connectivity index (χ2v) is 10.9. The summed E-state index contributed by atoms with van der Waals surface area (Å²) in [5.41, 5.74) is 12.0. The topological polar surface area (TPSA) is 24.7 Å². The van der Waals surface area contributed by atoms with Gasteiger partial charge in [0.1, 0.15) is 0 Å². The van der Waals surface area contributed by atoms with E-state index in [-0.39, 0.29) is 0 Å². The zero-order valence-corrected chi connectivity index (χ0v) is 25.2. The monoisotopic (exact) mass is 502 g/mol. The van der Waals surface area contributed by atoms with E-state index in [1.807, 2.05) is 0 Å². The number of azo groups is 1. The highest BCUT2D eigenvalue weighted by Crippen LogP contribution is 2.27. The van der Waals surface area contributed by atoms with Crippen molar-refractivity contribution in [3.63, 3.8) is 0 Å². The molecular formula is C35H54N2. The van der Waals surface area contributed by atoms with E-state index in [9.17, 15) is 0 Å². The fraction of sp³-hybridized carbons (Fsp3) is 0.600. The minimum Gasteiger partial charge on any atom is -0.155 e. The van der Waals surface area contributed by atoms with Crippen LogP contribution in [0.4, 0.5) is 5.69 Å². The van der Waals surface area contributed by atoms with E-state index in [1.165, 1.54) is 116 Å². The SMILES string of the molecule is CCCCCCCCc1cc(C=C(CC)N=Nc2cc(C)c(C)c(CCCC)c2)cc(CCCC)c1C. The highest BCUT2D eigenvalue weighted by molar-refractivity contribution is 5.57. The molecule has 2 rings (SSSR count). The van der Waals surface area contributed by atoms with Gasteiger partial charge in [-0.3, -0.25) is 0 Å². The summed E-state index contributed by atoms with van der Waals surface area (Å²) in [6.45, 7) is 15.8. The molecule has 0 radical (unpaired) electrons. The van der Waals surface area contributed by atoms with Crippen molar-refractivity contribution in [2.24, 2.45) is 10.2 Å². The molecule has 37 heavy (non-hydrogen) atoms. The Morgan fingerprint density at radius 1 is 0.622 bits per heavy atom. The number of benzene rings is 2. The van der Waals surface area contributed by atoms with Crippen LogP contribution in [0.5, 0.6) is 0 Å². The Morgan fingerprint density at radius 3 is 1.76 bits per heavy atom. The summed E-state index contributed by atoms with van der Waals surface area (Å²) < 4.78 is 0. The van der Waals surface area contributed by atoms with Gasteiger partial charge in [-0.15, -0.1) is 0 Å². The van der Waals surface area contributed by atoms with Crippen molar-refractivity contribution in [2.75, 3.05) is 0 Å². The Bertz CT molecular complexity index is 1010. The van der Waals surface area contributed by atoms with Gasteiger partial charge in [-0.1, -0.05) is 84.8 Å². The lowest BCUT2D eigenvalue weighted by Crippen LogP contribution is -1.99. The van der Waals surface area contributed by atoms with Crippen molar-refractivity contribution in [1.82, 2.24) is 0 Å². The molecule has 0 aliphatic rings. The quantitative estimate of drug-likeness (QED) is 0.152. The molecule has 0 aliphatic heterocycles. The Balaban J connectivity index is 2.27. The Morgan fingerprint density at radius 2 is 1.16 bits per heavy atom. The molecule has 0 heterocycles. The van der Waals surface area contributed by atoms with Gasteiger partial charge in [0.25, 0.3) is 0 Å². The zero-order valence-electron chi connectivity index (χ0n) is 25.2. The number of hydrogen-bond donors (Lipinski definition) is 0. The highest BCUT2D eigenvalue weighted by atomic mass is 15.1. The van der Waals surface area contributed by atoms with E-state index in [2.05, 4.69) is 78.8 Å². The lowest BCUT2D eigenvalue weighted by Gasteiger charge is -2.14. The number of hydrogen-bond acceptors (Lipinski definition) is 2. The fourth-order valence-corrected chi connectivity index (χ4v) is 5.04. The first-order valence-electron chi connectivity index (χ1n) is 15.3. The number of allylic oxidation sites excluding steroid dienone is 1. The Labute approximate surface area is 229 Å². The van der Waals surface area contributed by atoms with Crippen molar-refractivity contribution < 1.29 is 0 Å². The van der Waals surface area contributed by atoms with Crippen LogP contribution in [-0.2, 0) is 19.3 Å². The van der Waals surface area contributed by atoms with Crippen LogP contribution >= 0.6 is 0 Å². The van der Waals surface area contributed by atoms with Gasteiger partial charge in [0, 0.05) is 0 Å². The van der Waals surface area contributed by atoms with Crippen LogP contribution in [0.2, 0.25) is 0 Å². The zero-order chi connectivity index (χ0) is 27.0. The predicted molar refractivity (Wildman–Crippen MR) is 164 cm³/mol. The van der Waals surface area contributed by atoms with E-state index >= 15 is 0 Å². The van der Waals surface area contributed by atoms with Crippen LogP contribution in [0.15, 0.2) is 40.2 Å². The molecule has 0 aromatic heterocycles. The molecule has 0 fully saturated rings. The first kappa shape index (κ1) is 31.0. The molecule has 0 N–H and O–H groups in total. The van der Waals surface area contributed by atoms with Gasteiger partial charge < -0.3 is 0 Å². The average Bonchev–Trinajstić information content (AvgIpc) is 2.90. The van der Waals surface area contributed by atoms with E-state index in [4.69, 9.17) is 10.2 Å². The number of rotatable bonds is 17. The van der Waals surface area contributed by atoms with Gasteiger partial charge in [-0.2, -0.15) is 10.2 Å². The minimum absolute atomic E-state index is 0.877. The van der Waals surface area contributed by atoms with E-state index < -0.39 is 0 Å². The van der Waals surface area contributed by atoms with Crippen molar-refractivity contribution in [2.45, 2.75) is 138 Å². The third kappa shape index (κ3) is 10.6. The predicted octanol–water partition coefficient (Wildman–Crippen LogP) is 11.7. The lowest BCUT2D eigenvalue weighted by atomic mass is 9.92. The van der Waals surface area contributed by atoms with Crippen LogP contribution in [0, 0.1) is 20.8 Å². The van der Waals surface area contributed by atoms with Gasteiger partial charge in [0.15, 0.2) is 0 Å². The van der Waals surface area contributed by atoms with Crippen molar-refractivity contribution in [3.8, 4) is 0 Å². The molecule has 2 nitrogen and oxygen atoms in total. The van der Waals surface area contributed by atoms with Crippen LogP contribution in [0.3, 0.4) is 0 Å². The summed E-state index contributed by atoms with van der Waals surface area (Å²) in [6.07, 6.45) is 19.6. The third-order valence-electron chi connectivity index (χ3n) is 7.79. The van der Waals surface area contributed by atoms with Crippen LogP contribution < -0.4 is 0 Å². The normalized spacial score (nSPS) is 12.1. The van der Waals surface area contributed by atoms with E-state index in [0.717, 1.165) is 24.2 Å². The maximum absolute atomic E-state index is 4.73. The third-order valence-corrected chi connectivity index (χ3v) is 7.79. The summed E-state index contributed by atoms with van der Waals surface area (Å²) in [4.78, 5) is 0. The summed E-state index contributed by atoms with van der Waals surface area (Å²) in [5.74, 6) is 0. The molecule has 2 aromatic carbocycles. The van der Waals surface area contributed by atoms with Gasteiger partial charge in [0.2, 0.25) is 0 Å². The molecule has 0 saturated carbocycles. The van der Waals surface area contributed by atoms with Crippen LogP contribution in [0.1, 0.15) is 137 Å². The lowest BCUT2D eigenvalue weighted by molar-refractivity contribution is 0.607. The van der Waals surface area contributed by atoms with Gasteiger partial charge >= 0.3 is 0 Å². The summed E-state index contributed by atoms with van der Waals surface area (Å²) in [5, 5.41) is 9.43. The molecule has 2 aromatic rings. The van der Waals surface area contributed by atoms with Crippen molar-refractivity contribution in [3.05, 3.63) is 68.9 Å². The standard InChI is InChI=1S/C35H54N2/c1-8-12-15-16-17-18-21-32-24-30(23-31(29(32)7)19-13-9-2)25-34(11-4)36-37-35-22-27(5)28(6)33(26-35)20-14-10-3/h22-26H,8-21H2,1-7H3. The van der Waals surface area contributed by atoms with Crippen molar-refractivity contribution in [1.29, 1.82) is 0 Å². The van der Waals surface area contributed by atoms with Gasteiger partial charge in [0.05, 0.1) is 11.4 Å². The summed E-state index contributed by atoms with van der Waals surface area (Å²) >= 11 is 0. The molecule has 0 atom stereocenters.